The van der Waals surface area contributed by atoms with Gasteiger partial charge in [-0.25, -0.2) is 0 Å². The maximum Gasteiger partial charge on any atom is 0.229 e. The minimum Gasteiger partial charge on any atom is -0.393 e. The van der Waals surface area contributed by atoms with E-state index >= 15 is 0 Å². The summed E-state index contributed by atoms with van der Waals surface area (Å²) in [5.41, 5.74) is 1.25. The molecule has 1 aromatic carbocycles. The number of hydrogen-bond donors (Lipinski definition) is 1. The number of benzene rings is 1. The summed E-state index contributed by atoms with van der Waals surface area (Å²) < 4.78 is 5.12. The van der Waals surface area contributed by atoms with Gasteiger partial charge in [-0.1, -0.05) is 30.3 Å². The molecule has 1 atom stereocenters. The number of thioether (sulfide) groups is 1. The Balaban J connectivity index is 1.92. The van der Waals surface area contributed by atoms with Crippen molar-refractivity contribution in [1.82, 2.24) is 10.1 Å². The van der Waals surface area contributed by atoms with Gasteiger partial charge in [-0.2, -0.15) is 4.98 Å². The van der Waals surface area contributed by atoms with Crippen LogP contribution in [-0.4, -0.2) is 21.4 Å². The maximum absolute atomic E-state index is 9.53. The average Bonchev–Trinajstić information content (AvgIpc) is 2.85. The third-order valence-corrected chi connectivity index (χ3v) is 4.01. The van der Waals surface area contributed by atoms with Crippen LogP contribution in [0.2, 0.25) is 0 Å². The fourth-order valence-electron chi connectivity index (χ4n) is 1.64. The number of aliphatic hydroxyl groups is 1. The van der Waals surface area contributed by atoms with Gasteiger partial charge in [0.1, 0.15) is 0 Å². The summed E-state index contributed by atoms with van der Waals surface area (Å²) >= 11 is 1.69. The van der Waals surface area contributed by atoms with E-state index in [9.17, 15) is 5.11 Å². The Morgan fingerprint density at radius 3 is 2.89 bits per heavy atom. The molecular weight excluding hydrogens is 260 g/mol. The summed E-state index contributed by atoms with van der Waals surface area (Å²) in [6, 6.07) is 8.22. The number of aromatic nitrogens is 2. The summed E-state index contributed by atoms with van der Waals surface area (Å²) in [6.07, 6.45) is 0.714. The van der Waals surface area contributed by atoms with E-state index in [0.717, 1.165) is 0 Å². The van der Waals surface area contributed by atoms with Crippen molar-refractivity contribution in [2.45, 2.75) is 43.4 Å². The molecule has 0 fully saturated rings. The minimum atomic E-state index is -0.405. The Bertz CT molecular complexity index is 528. The van der Waals surface area contributed by atoms with Crippen LogP contribution in [0.3, 0.4) is 0 Å². The topological polar surface area (TPSA) is 59.2 Å². The van der Waals surface area contributed by atoms with Gasteiger partial charge in [0.05, 0.1) is 18.3 Å². The van der Waals surface area contributed by atoms with E-state index in [-0.39, 0.29) is 0 Å². The first-order chi connectivity index (χ1) is 9.19. The first-order valence-electron chi connectivity index (χ1n) is 6.37. The van der Waals surface area contributed by atoms with Gasteiger partial charge >= 0.3 is 0 Å². The zero-order valence-electron chi connectivity index (χ0n) is 11.2. The van der Waals surface area contributed by atoms with Gasteiger partial charge in [-0.05, 0) is 25.0 Å². The van der Waals surface area contributed by atoms with Gasteiger partial charge in [0.2, 0.25) is 5.89 Å². The van der Waals surface area contributed by atoms with Crippen molar-refractivity contribution in [2.75, 3.05) is 0 Å². The van der Waals surface area contributed by atoms with E-state index in [1.54, 1.807) is 11.8 Å². The van der Waals surface area contributed by atoms with Crippen molar-refractivity contribution in [3.8, 4) is 0 Å². The minimum absolute atomic E-state index is 0.405. The van der Waals surface area contributed by atoms with Crippen molar-refractivity contribution in [2.24, 2.45) is 0 Å². The van der Waals surface area contributed by atoms with Gasteiger partial charge in [-0.3, -0.25) is 0 Å². The second kappa shape index (κ2) is 6.73. The molecule has 102 valence electrons. The Kier molecular flexibility index (Phi) is 4.99. The molecule has 19 heavy (non-hydrogen) atoms. The van der Waals surface area contributed by atoms with Gasteiger partial charge in [-0.15, -0.1) is 11.8 Å². The van der Waals surface area contributed by atoms with E-state index in [1.807, 2.05) is 19.1 Å². The molecule has 0 saturated heterocycles. The molecule has 1 N–H and O–H groups in total. The largest absolute Gasteiger partial charge is 0.393 e. The fraction of sp³-hybridized carbons (Fsp3) is 0.429. The predicted molar refractivity (Wildman–Crippen MR) is 75.0 cm³/mol. The van der Waals surface area contributed by atoms with Gasteiger partial charge in [0.15, 0.2) is 5.82 Å². The van der Waals surface area contributed by atoms with E-state index in [2.05, 4.69) is 29.2 Å². The van der Waals surface area contributed by atoms with Crippen LogP contribution >= 0.6 is 11.8 Å². The molecule has 0 amide bonds. The van der Waals surface area contributed by atoms with E-state index in [4.69, 9.17) is 4.52 Å². The smallest absolute Gasteiger partial charge is 0.229 e. The molecule has 0 radical (unpaired) electrons. The van der Waals surface area contributed by atoms with Gasteiger partial charge in [0.25, 0.3) is 0 Å². The molecule has 1 aromatic heterocycles. The zero-order valence-corrected chi connectivity index (χ0v) is 12.0. The van der Waals surface area contributed by atoms with Crippen LogP contribution in [0.5, 0.6) is 0 Å². The van der Waals surface area contributed by atoms with E-state index < -0.39 is 6.10 Å². The van der Waals surface area contributed by atoms with Crippen molar-refractivity contribution in [3.05, 3.63) is 41.5 Å². The Morgan fingerprint density at radius 1 is 1.37 bits per heavy atom. The highest BCUT2D eigenvalue weighted by Crippen LogP contribution is 2.24. The first-order valence-corrected chi connectivity index (χ1v) is 7.35. The van der Waals surface area contributed by atoms with Crippen molar-refractivity contribution in [1.29, 1.82) is 0 Å². The Labute approximate surface area is 117 Å². The standard InChI is InChI=1S/C14H18N2O2S/c1-3-11(17)8-14-15-13(16-18-14)9-19-12-7-5-4-6-10(12)2/h4-7,11,17H,3,8-9H2,1-2H3. The second-order valence-corrected chi connectivity index (χ2v) is 5.44. The van der Waals surface area contributed by atoms with E-state index in [0.29, 0.717) is 30.3 Å². The van der Waals surface area contributed by atoms with Crippen LogP contribution in [0.15, 0.2) is 33.7 Å². The molecule has 4 nitrogen and oxygen atoms in total. The fourth-order valence-corrected chi connectivity index (χ4v) is 2.51. The Hall–Kier alpha value is -1.33. The summed E-state index contributed by atoms with van der Waals surface area (Å²) in [6.45, 7) is 4.01. The van der Waals surface area contributed by atoms with Crippen molar-refractivity contribution in [3.63, 3.8) is 0 Å². The lowest BCUT2D eigenvalue weighted by molar-refractivity contribution is 0.158. The lowest BCUT2D eigenvalue weighted by atomic mass is 10.2. The molecule has 0 spiro atoms. The molecule has 0 bridgehead atoms. The molecule has 2 aromatic rings. The summed E-state index contributed by atoms with van der Waals surface area (Å²) in [7, 11) is 0. The third kappa shape index (κ3) is 4.08. The summed E-state index contributed by atoms with van der Waals surface area (Å²) in [5.74, 6) is 1.86. The molecule has 0 aliphatic carbocycles. The quantitative estimate of drug-likeness (QED) is 0.823. The normalized spacial score (nSPS) is 12.6. The SMILES string of the molecule is CCC(O)Cc1nc(CSc2ccccc2C)no1. The van der Waals surface area contributed by atoms with E-state index in [1.165, 1.54) is 10.5 Å². The van der Waals surface area contributed by atoms with Crippen LogP contribution < -0.4 is 0 Å². The number of nitrogens with zero attached hydrogens (tertiary/aromatic N) is 2. The number of aryl methyl sites for hydroxylation is 1. The number of hydrogen-bond acceptors (Lipinski definition) is 5. The van der Waals surface area contributed by atoms with Crippen LogP contribution in [0.4, 0.5) is 0 Å². The average molecular weight is 278 g/mol. The highest BCUT2D eigenvalue weighted by molar-refractivity contribution is 7.98. The highest BCUT2D eigenvalue weighted by Gasteiger charge is 2.11. The predicted octanol–water partition coefficient (Wildman–Crippen LogP) is 2.98. The molecule has 0 aliphatic rings. The number of rotatable bonds is 6. The molecule has 1 unspecified atom stereocenters. The third-order valence-electron chi connectivity index (χ3n) is 2.84. The lowest BCUT2D eigenvalue weighted by Crippen LogP contribution is -2.08. The van der Waals surface area contributed by atoms with Gasteiger partial charge < -0.3 is 9.63 Å². The first kappa shape index (κ1) is 14.1. The summed E-state index contributed by atoms with van der Waals surface area (Å²) in [5, 5.41) is 13.5. The summed E-state index contributed by atoms with van der Waals surface area (Å²) in [4.78, 5) is 5.51. The number of aliphatic hydroxyl groups excluding tert-OH is 1. The van der Waals surface area contributed by atoms with Gasteiger partial charge in [0, 0.05) is 4.90 Å². The molecule has 2 rings (SSSR count). The van der Waals surface area contributed by atoms with Crippen molar-refractivity contribution >= 4 is 11.8 Å². The molecule has 0 aliphatic heterocycles. The molecular formula is C14H18N2O2S. The lowest BCUT2D eigenvalue weighted by Gasteiger charge is -2.02. The zero-order chi connectivity index (χ0) is 13.7. The van der Waals surface area contributed by atoms with Crippen LogP contribution in [0.1, 0.15) is 30.6 Å². The molecule has 0 saturated carbocycles. The molecule has 1 heterocycles. The van der Waals surface area contributed by atoms with Crippen LogP contribution in [0.25, 0.3) is 0 Å². The van der Waals surface area contributed by atoms with Crippen LogP contribution in [0, 0.1) is 6.92 Å². The van der Waals surface area contributed by atoms with Crippen molar-refractivity contribution < 1.29 is 9.63 Å². The Morgan fingerprint density at radius 2 is 2.16 bits per heavy atom. The molecule has 5 heteroatoms. The monoisotopic (exact) mass is 278 g/mol. The highest BCUT2D eigenvalue weighted by atomic mass is 32.2. The maximum atomic E-state index is 9.53. The second-order valence-electron chi connectivity index (χ2n) is 4.42. The van der Waals surface area contributed by atoms with Crippen LogP contribution in [-0.2, 0) is 12.2 Å².